The molecule has 3 N–H and O–H groups in total. The quantitative estimate of drug-likeness (QED) is 0.790. The second-order valence-corrected chi connectivity index (χ2v) is 6.56. The Hall–Kier alpha value is -1.78. The molecule has 21 heavy (non-hydrogen) atoms. The van der Waals surface area contributed by atoms with Crippen molar-refractivity contribution in [3.05, 3.63) is 61.1 Å². The van der Waals surface area contributed by atoms with Gasteiger partial charge < -0.3 is 0 Å². The molecule has 0 bridgehead atoms. The molecule has 0 aliphatic heterocycles. The zero-order valence-corrected chi connectivity index (χ0v) is 12.7. The highest BCUT2D eigenvalue weighted by Gasteiger charge is 2.15. The van der Waals surface area contributed by atoms with Gasteiger partial charge in [-0.1, -0.05) is 6.07 Å². The maximum Gasteiger partial charge on any atom is 0.328 e. The molecule has 0 aliphatic rings. The average molecular weight is 378 g/mol. The lowest BCUT2D eigenvalue weighted by molar-refractivity contribution is 0.591. The number of nitrogens with zero attached hydrogens (tertiary/aromatic N) is 1. The second kappa shape index (κ2) is 5.54. The van der Waals surface area contributed by atoms with Gasteiger partial charge in [0, 0.05) is 6.20 Å². The number of aromatic amines is 1. The van der Waals surface area contributed by atoms with Crippen LogP contribution in [0.1, 0.15) is 5.56 Å². The lowest BCUT2D eigenvalue weighted by Gasteiger charge is -2.07. The van der Waals surface area contributed by atoms with E-state index < -0.39 is 32.0 Å². The number of hydrogen-bond donors (Lipinski definition) is 2. The van der Waals surface area contributed by atoms with Crippen LogP contribution in [0.5, 0.6) is 0 Å². The van der Waals surface area contributed by atoms with Gasteiger partial charge in [0.15, 0.2) is 4.90 Å². The van der Waals surface area contributed by atoms with Crippen LogP contribution in [0.15, 0.2) is 43.4 Å². The fraction of sp³-hybridized carbons (Fsp3) is 0.0909. The fourth-order valence-electron chi connectivity index (χ4n) is 1.64. The zero-order chi connectivity index (χ0) is 15.8. The predicted octanol–water partition coefficient (Wildman–Crippen LogP) is 0.134. The molecule has 7 nitrogen and oxygen atoms in total. The van der Waals surface area contributed by atoms with E-state index in [2.05, 4.69) is 15.9 Å². The number of aromatic nitrogens is 2. The lowest BCUT2D eigenvalue weighted by atomic mass is 10.2. The summed E-state index contributed by atoms with van der Waals surface area (Å²) >= 11 is 3.00. The van der Waals surface area contributed by atoms with Gasteiger partial charge in [-0.05, 0) is 33.6 Å². The van der Waals surface area contributed by atoms with Gasteiger partial charge in [-0.3, -0.25) is 14.3 Å². The highest BCUT2D eigenvalue weighted by atomic mass is 79.9. The number of nitrogens with one attached hydrogen (secondary N) is 1. The SMILES string of the molecule is NS(=O)(=O)c1cn(Cc2ccc(F)c(Br)c2)c(=O)[nH]c1=O. The molecule has 0 unspecified atom stereocenters. The standard InChI is InChI=1S/C11H9BrFN3O4S/c12-7-3-6(1-2-8(7)13)4-16-5-9(21(14,19)20)10(17)15-11(16)18/h1-3,5H,4H2,(H2,14,19,20)(H,15,17,18). The van der Waals surface area contributed by atoms with E-state index in [4.69, 9.17) is 5.14 Å². The van der Waals surface area contributed by atoms with Gasteiger partial charge in [0.2, 0.25) is 10.0 Å². The van der Waals surface area contributed by atoms with Gasteiger partial charge >= 0.3 is 5.69 Å². The summed E-state index contributed by atoms with van der Waals surface area (Å²) in [4.78, 5) is 24.2. The van der Waals surface area contributed by atoms with Gasteiger partial charge in [-0.25, -0.2) is 22.7 Å². The normalized spacial score (nSPS) is 11.6. The van der Waals surface area contributed by atoms with E-state index in [-0.39, 0.29) is 11.0 Å². The number of nitrogens with two attached hydrogens (primary N) is 1. The molecule has 10 heteroatoms. The van der Waals surface area contributed by atoms with Crippen LogP contribution in [-0.4, -0.2) is 18.0 Å². The lowest BCUT2D eigenvalue weighted by Crippen LogP contribution is -2.34. The molecule has 0 saturated heterocycles. The number of benzene rings is 1. The number of hydrogen-bond acceptors (Lipinski definition) is 4. The Bertz CT molecular complexity index is 920. The van der Waals surface area contributed by atoms with Crippen LogP contribution in [0.3, 0.4) is 0 Å². The minimum Gasteiger partial charge on any atom is -0.295 e. The summed E-state index contributed by atoms with van der Waals surface area (Å²) in [5.74, 6) is -0.474. The van der Waals surface area contributed by atoms with Gasteiger partial charge in [0.1, 0.15) is 5.82 Å². The van der Waals surface area contributed by atoms with Crippen molar-refractivity contribution in [2.45, 2.75) is 11.4 Å². The first-order valence-electron chi connectivity index (χ1n) is 5.49. The number of sulfonamides is 1. The summed E-state index contributed by atoms with van der Waals surface area (Å²) in [7, 11) is -4.25. The van der Waals surface area contributed by atoms with Crippen LogP contribution in [-0.2, 0) is 16.6 Å². The molecule has 0 fully saturated rings. The van der Waals surface area contributed by atoms with Gasteiger partial charge in [0.25, 0.3) is 5.56 Å². The Morgan fingerprint density at radius 2 is 2.00 bits per heavy atom. The Kier molecular flexibility index (Phi) is 4.12. The summed E-state index contributed by atoms with van der Waals surface area (Å²) < 4.78 is 36.8. The first-order chi connectivity index (χ1) is 9.68. The summed E-state index contributed by atoms with van der Waals surface area (Å²) in [5, 5.41) is 4.89. The van der Waals surface area contributed by atoms with Crippen LogP contribution < -0.4 is 16.4 Å². The maximum absolute atomic E-state index is 13.1. The maximum atomic E-state index is 13.1. The molecule has 1 aromatic carbocycles. The van der Waals surface area contributed by atoms with E-state index in [0.29, 0.717) is 5.56 Å². The first kappa shape index (κ1) is 15.6. The molecule has 1 aromatic heterocycles. The third-order valence-electron chi connectivity index (χ3n) is 2.62. The van der Waals surface area contributed by atoms with Gasteiger partial charge in [-0.2, -0.15) is 0 Å². The van der Waals surface area contributed by atoms with Crippen molar-refractivity contribution in [3.63, 3.8) is 0 Å². The number of primary sulfonamides is 1. The van der Waals surface area contributed by atoms with Crippen molar-refractivity contribution in [3.8, 4) is 0 Å². The van der Waals surface area contributed by atoms with E-state index >= 15 is 0 Å². The van der Waals surface area contributed by atoms with E-state index in [9.17, 15) is 22.4 Å². The average Bonchev–Trinajstić information content (AvgIpc) is 2.35. The Labute approximate surface area is 126 Å². The molecule has 2 aromatic rings. The molecular weight excluding hydrogens is 369 g/mol. The number of H-pyrrole nitrogens is 1. The van der Waals surface area contributed by atoms with E-state index in [1.54, 1.807) is 0 Å². The third-order valence-corrected chi connectivity index (χ3v) is 4.13. The van der Waals surface area contributed by atoms with Crippen LogP contribution in [0.2, 0.25) is 0 Å². The van der Waals surface area contributed by atoms with Crippen molar-refractivity contribution < 1.29 is 12.8 Å². The molecule has 0 atom stereocenters. The van der Waals surface area contributed by atoms with Crippen LogP contribution >= 0.6 is 15.9 Å². The fourth-order valence-corrected chi connectivity index (χ4v) is 2.65. The first-order valence-corrected chi connectivity index (χ1v) is 7.83. The number of rotatable bonds is 3. The summed E-state index contributed by atoms with van der Waals surface area (Å²) in [5.41, 5.74) is -1.36. The molecule has 0 radical (unpaired) electrons. The highest BCUT2D eigenvalue weighted by molar-refractivity contribution is 9.10. The molecular formula is C11H9BrFN3O4S. The van der Waals surface area contributed by atoms with Crippen molar-refractivity contribution in [2.75, 3.05) is 0 Å². The summed E-state index contributed by atoms with van der Waals surface area (Å²) in [6.45, 7) is -0.0585. The monoisotopic (exact) mass is 377 g/mol. The Morgan fingerprint density at radius 1 is 1.33 bits per heavy atom. The highest BCUT2D eigenvalue weighted by Crippen LogP contribution is 2.17. The molecule has 2 rings (SSSR count). The number of halogens is 2. The molecule has 0 saturated carbocycles. The smallest absolute Gasteiger partial charge is 0.295 e. The largest absolute Gasteiger partial charge is 0.328 e. The zero-order valence-electron chi connectivity index (χ0n) is 10.3. The van der Waals surface area contributed by atoms with E-state index in [1.165, 1.54) is 18.2 Å². The van der Waals surface area contributed by atoms with Crippen molar-refractivity contribution in [1.29, 1.82) is 0 Å². The Morgan fingerprint density at radius 3 is 2.57 bits per heavy atom. The minimum atomic E-state index is -4.25. The van der Waals surface area contributed by atoms with E-state index in [0.717, 1.165) is 10.8 Å². The predicted molar refractivity (Wildman–Crippen MR) is 75.9 cm³/mol. The minimum absolute atomic E-state index is 0.0585. The third kappa shape index (κ3) is 3.46. The van der Waals surface area contributed by atoms with Crippen LogP contribution in [0.25, 0.3) is 0 Å². The van der Waals surface area contributed by atoms with Crippen molar-refractivity contribution >= 4 is 26.0 Å². The van der Waals surface area contributed by atoms with E-state index in [1.807, 2.05) is 4.98 Å². The molecule has 0 spiro atoms. The molecule has 112 valence electrons. The second-order valence-electron chi connectivity index (χ2n) is 4.17. The summed E-state index contributed by atoms with van der Waals surface area (Å²) in [6.07, 6.45) is 0.855. The van der Waals surface area contributed by atoms with Gasteiger partial charge in [0.05, 0.1) is 11.0 Å². The molecule has 1 heterocycles. The Balaban J connectivity index is 2.52. The summed E-state index contributed by atoms with van der Waals surface area (Å²) in [6, 6.07) is 4.05. The molecule has 0 amide bonds. The topological polar surface area (TPSA) is 115 Å². The van der Waals surface area contributed by atoms with Crippen molar-refractivity contribution in [1.82, 2.24) is 9.55 Å². The van der Waals surface area contributed by atoms with Crippen molar-refractivity contribution in [2.24, 2.45) is 5.14 Å². The van der Waals surface area contributed by atoms with Crippen LogP contribution in [0.4, 0.5) is 4.39 Å². The molecule has 0 aliphatic carbocycles. The van der Waals surface area contributed by atoms with Crippen LogP contribution in [0, 0.1) is 5.82 Å². The van der Waals surface area contributed by atoms with Gasteiger partial charge in [-0.15, -0.1) is 0 Å².